The van der Waals surface area contributed by atoms with E-state index in [0.29, 0.717) is 11.8 Å². The molecule has 0 N–H and O–H groups in total. The zero-order valence-electron chi connectivity index (χ0n) is 7.14. The number of carbonyl (C=O) groups excluding carboxylic acids is 1. The summed E-state index contributed by atoms with van der Waals surface area (Å²) < 4.78 is 4.87. The van der Waals surface area contributed by atoms with Crippen LogP contribution in [0.2, 0.25) is 0 Å². The lowest BCUT2D eigenvalue weighted by molar-refractivity contribution is -0.547. The first-order chi connectivity index (χ1) is 5.43. The van der Waals surface area contributed by atoms with Crippen molar-refractivity contribution in [1.29, 1.82) is 0 Å². The van der Waals surface area contributed by atoms with Crippen LogP contribution in [0.15, 0.2) is 0 Å². The molecule has 1 atom stereocenters. The zero-order chi connectivity index (χ0) is 9.72. The number of hydrogen-bond donors (Lipinski definition) is 0. The van der Waals surface area contributed by atoms with Crippen LogP contribution in [-0.2, 0) is 9.53 Å². The maximum atomic E-state index is 10.5. The average Bonchev–Trinajstić information content (AvgIpc) is 1.83. The van der Waals surface area contributed by atoms with Gasteiger partial charge in [-0.1, -0.05) is 0 Å². The van der Waals surface area contributed by atoms with E-state index in [0.717, 1.165) is 0 Å². The van der Waals surface area contributed by atoms with E-state index < -0.39 is 10.5 Å². The topological polar surface area (TPSA) is 69.4 Å². The van der Waals surface area contributed by atoms with Gasteiger partial charge in [0, 0.05) is 18.7 Å². The van der Waals surface area contributed by atoms with Gasteiger partial charge in [-0.3, -0.25) is 14.9 Å². The maximum Gasteiger partial charge on any atom is 0.372 e. The van der Waals surface area contributed by atoms with E-state index in [1.165, 1.54) is 6.92 Å². The minimum atomic E-state index is -1.28. The highest BCUT2D eigenvalue weighted by Gasteiger charge is 2.24. The summed E-state index contributed by atoms with van der Waals surface area (Å²) in [6, 6.07) is 0. The third-order valence-electron chi connectivity index (χ3n) is 0.827. The molecule has 0 aromatic heterocycles. The van der Waals surface area contributed by atoms with Gasteiger partial charge in [-0.05, 0) is 13.8 Å². The van der Waals surface area contributed by atoms with E-state index in [1.54, 1.807) is 13.8 Å². The summed E-state index contributed by atoms with van der Waals surface area (Å²) in [5.41, 5.74) is -1.28. The first-order valence-corrected chi connectivity index (χ1v) is 4.27. The molecule has 0 fully saturated rings. The number of hydrogen-bond acceptors (Lipinski definition) is 5. The molecule has 1 unspecified atom stereocenters. The van der Waals surface area contributed by atoms with E-state index in [4.69, 9.17) is 4.74 Å². The predicted molar refractivity (Wildman–Crippen MR) is 45.3 cm³/mol. The van der Waals surface area contributed by atoms with E-state index in [2.05, 4.69) is 0 Å². The molecule has 0 aliphatic heterocycles. The summed E-state index contributed by atoms with van der Waals surface area (Å²) in [6.45, 7) is 4.62. The fraction of sp³-hybridized carbons (Fsp3) is 0.833. The molecule has 0 bridgehead atoms. The molecule has 0 heterocycles. The van der Waals surface area contributed by atoms with Crippen LogP contribution in [0.3, 0.4) is 0 Å². The molecule has 0 amide bonds. The Morgan fingerprint density at radius 1 is 1.58 bits per heavy atom. The largest absolute Gasteiger partial charge is 0.372 e. The van der Waals surface area contributed by atoms with Gasteiger partial charge in [-0.15, -0.1) is 0 Å². The number of nitro groups is 1. The average molecular weight is 193 g/mol. The molecule has 0 spiro atoms. The Bertz CT molecular complexity index is 182. The summed E-state index contributed by atoms with van der Waals surface area (Å²) in [7, 11) is 0. The molecule has 70 valence electrons. The van der Waals surface area contributed by atoms with Crippen LogP contribution in [-0.4, -0.2) is 21.7 Å². The van der Waals surface area contributed by atoms with Crippen LogP contribution >= 0.6 is 11.8 Å². The van der Waals surface area contributed by atoms with Crippen molar-refractivity contribution in [3.8, 4) is 0 Å². The smallest absolute Gasteiger partial charge is 0.305 e. The van der Waals surface area contributed by atoms with E-state index in [9.17, 15) is 14.9 Å². The third kappa shape index (κ3) is 5.09. The predicted octanol–water partition coefficient (Wildman–Crippen LogP) is 1.25. The number of ether oxygens (including phenoxy) is 1. The van der Waals surface area contributed by atoms with Crippen molar-refractivity contribution in [3.05, 3.63) is 10.1 Å². The Morgan fingerprint density at radius 3 is 2.33 bits per heavy atom. The first kappa shape index (κ1) is 11.4. The second-order valence-electron chi connectivity index (χ2n) is 2.39. The Labute approximate surface area is 74.6 Å². The number of carbonyl (C=O) groups is 1. The first-order valence-electron chi connectivity index (χ1n) is 3.39. The van der Waals surface area contributed by atoms with E-state index >= 15 is 0 Å². The van der Waals surface area contributed by atoms with Crippen LogP contribution in [0.5, 0.6) is 0 Å². The highest BCUT2D eigenvalue weighted by atomic mass is 32.2. The van der Waals surface area contributed by atoms with Crippen LogP contribution in [0.1, 0.15) is 20.8 Å². The molecule has 6 heteroatoms. The van der Waals surface area contributed by atoms with Crippen LogP contribution < -0.4 is 0 Å². The Morgan fingerprint density at radius 2 is 2.08 bits per heavy atom. The highest BCUT2D eigenvalue weighted by Crippen LogP contribution is 2.15. The summed E-state index contributed by atoms with van der Waals surface area (Å²) in [6.07, 6.45) is -0.257. The standard InChI is InChI=1S/C6H11NO4S/c1-4(2)11-6(7(9)10)12-5(3)8/h4,6H,1-3H3. The van der Waals surface area contributed by atoms with Gasteiger partial charge in [0.2, 0.25) is 0 Å². The van der Waals surface area contributed by atoms with Gasteiger partial charge < -0.3 is 4.74 Å². The van der Waals surface area contributed by atoms with Crippen molar-refractivity contribution in [2.45, 2.75) is 32.4 Å². The molecule has 5 nitrogen and oxygen atoms in total. The van der Waals surface area contributed by atoms with Gasteiger partial charge in [-0.2, -0.15) is 0 Å². The monoisotopic (exact) mass is 193 g/mol. The van der Waals surface area contributed by atoms with E-state index in [-0.39, 0.29) is 11.2 Å². The van der Waals surface area contributed by atoms with Gasteiger partial charge in [-0.25, -0.2) is 0 Å². The van der Waals surface area contributed by atoms with Gasteiger partial charge in [0.1, 0.15) is 0 Å². The maximum absolute atomic E-state index is 10.5. The van der Waals surface area contributed by atoms with Crippen LogP contribution in [0.25, 0.3) is 0 Å². The Balaban J connectivity index is 4.04. The number of thioether (sulfide) groups is 1. The summed E-state index contributed by atoms with van der Waals surface area (Å²) in [4.78, 5) is 20.2. The van der Waals surface area contributed by atoms with Crippen molar-refractivity contribution in [3.63, 3.8) is 0 Å². The normalized spacial score (nSPS) is 13.0. The minimum absolute atomic E-state index is 0.257. The van der Waals surface area contributed by atoms with Crippen molar-refractivity contribution in [2.75, 3.05) is 0 Å². The Kier molecular flexibility index (Phi) is 4.84. The highest BCUT2D eigenvalue weighted by molar-refractivity contribution is 8.13. The fourth-order valence-corrected chi connectivity index (χ4v) is 1.14. The van der Waals surface area contributed by atoms with Gasteiger partial charge in [0.05, 0.1) is 11.0 Å². The summed E-state index contributed by atoms with van der Waals surface area (Å²) in [5.74, 6) is 0. The SMILES string of the molecule is CC(=O)SC(OC(C)C)[N+](=O)[O-]. The molecule has 12 heavy (non-hydrogen) atoms. The molecule has 0 saturated carbocycles. The molecule has 0 aliphatic rings. The second-order valence-corrected chi connectivity index (χ2v) is 3.60. The van der Waals surface area contributed by atoms with Gasteiger partial charge >= 0.3 is 5.56 Å². The van der Waals surface area contributed by atoms with Crippen molar-refractivity contribution in [2.24, 2.45) is 0 Å². The van der Waals surface area contributed by atoms with Crippen LogP contribution in [0, 0.1) is 10.1 Å². The summed E-state index contributed by atoms with van der Waals surface area (Å²) in [5, 5.41) is 9.96. The molecule has 0 rings (SSSR count). The fourth-order valence-electron chi connectivity index (χ4n) is 0.495. The van der Waals surface area contributed by atoms with E-state index in [1.807, 2.05) is 0 Å². The molecule has 0 aromatic rings. The molecule has 0 aromatic carbocycles. The van der Waals surface area contributed by atoms with Crippen molar-refractivity contribution in [1.82, 2.24) is 0 Å². The van der Waals surface area contributed by atoms with Crippen molar-refractivity contribution < 1.29 is 14.5 Å². The van der Waals surface area contributed by atoms with Crippen molar-refractivity contribution >= 4 is 16.9 Å². The molecule has 0 radical (unpaired) electrons. The lowest BCUT2D eigenvalue weighted by Crippen LogP contribution is -2.24. The molecular formula is C6H11NO4S. The molecule has 0 aliphatic carbocycles. The lowest BCUT2D eigenvalue weighted by Gasteiger charge is -2.10. The zero-order valence-corrected chi connectivity index (χ0v) is 7.96. The van der Waals surface area contributed by atoms with Gasteiger partial charge in [0.25, 0.3) is 0 Å². The minimum Gasteiger partial charge on any atom is -0.305 e. The number of nitrogens with zero attached hydrogens (tertiary/aromatic N) is 1. The summed E-state index contributed by atoms with van der Waals surface area (Å²) >= 11 is 0.576. The van der Waals surface area contributed by atoms with Gasteiger partial charge in [0.15, 0.2) is 5.12 Å². The number of rotatable bonds is 4. The molecular weight excluding hydrogens is 182 g/mol. The lowest BCUT2D eigenvalue weighted by atomic mass is 10.5. The second kappa shape index (κ2) is 5.10. The quantitative estimate of drug-likeness (QED) is 0.382. The third-order valence-corrected chi connectivity index (χ3v) is 1.64. The Hall–Kier alpha value is -0.620. The van der Waals surface area contributed by atoms with Crippen LogP contribution in [0.4, 0.5) is 0 Å². The molecule has 0 saturated heterocycles.